The van der Waals surface area contributed by atoms with Crippen LogP contribution in [0.15, 0.2) is 12.7 Å². The molecule has 0 aromatic carbocycles. The molecule has 0 aromatic rings. The molecule has 1 unspecified atom stereocenters. The van der Waals surface area contributed by atoms with Crippen LogP contribution in [0.4, 0.5) is 0 Å². The third-order valence-corrected chi connectivity index (χ3v) is 2.05. The highest BCUT2D eigenvalue weighted by molar-refractivity contribution is 7.80. The van der Waals surface area contributed by atoms with Crippen LogP contribution in [0.3, 0.4) is 0 Å². The second-order valence-electron chi connectivity index (χ2n) is 1.90. The molecule has 0 rings (SSSR count). The standard InChI is InChI=1S/C7H12O4S/c1-3-7(8)11-5-4-6-12(9)10-2/h3H,1,4-6H2,2H3. The first-order valence-electron chi connectivity index (χ1n) is 3.42. The van der Waals surface area contributed by atoms with Gasteiger partial charge < -0.3 is 4.74 Å². The molecule has 1 atom stereocenters. The van der Waals surface area contributed by atoms with E-state index in [-0.39, 0.29) is 6.61 Å². The molecule has 0 bridgehead atoms. The van der Waals surface area contributed by atoms with Gasteiger partial charge in [0.05, 0.1) is 19.5 Å². The fraction of sp³-hybridized carbons (Fsp3) is 0.571. The Morgan fingerprint density at radius 3 is 2.83 bits per heavy atom. The average molecular weight is 192 g/mol. The zero-order valence-electron chi connectivity index (χ0n) is 6.95. The number of esters is 1. The molecule has 0 aliphatic rings. The lowest BCUT2D eigenvalue weighted by Crippen LogP contribution is -2.06. The number of carbonyl (C=O) groups is 1. The number of ether oxygens (including phenoxy) is 1. The molecule has 0 amide bonds. The van der Waals surface area contributed by atoms with Crippen molar-refractivity contribution in [2.75, 3.05) is 19.5 Å². The third kappa shape index (κ3) is 6.06. The predicted molar refractivity (Wildman–Crippen MR) is 45.8 cm³/mol. The van der Waals surface area contributed by atoms with Crippen molar-refractivity contribution in [1.29, 1.82) is 0 Å². The summed E-state index contributed by atoms with van der Waals surface area (Å²) in [7, 11) is 1.37. The summed E-state index contributed by atoms with van der Waals surface area (Å²) in [6.45, 7) is 3.48. The maximum atomic E-state index is 10.7. The summed E-state index contributed by atoms with van der Waals surface area (Å²) in [6, 6.07) is 0. The Morgan fingerprint density at radius 2 is 2.33 bits per heavy atom. The van der Waals surface area contributed by atoms with Gasteiger partial charge in [0, 0.05) is 6.08 Å². The lowest BCUT2D eigenvalue weighted by atomic mass is 10.5. The number of hydrogen-bond donors (Lipinski definition) is 0. The highest BCUT2D eigenvalue weighted by Crippen LogP contribution is 1.90. The van der Waals surface area contributed by atoms with E-state index in [4.69, 9.17) is 0 Å². The first kappa shape index (κ1) is 11.3. The summed E-state index contributed by atoms with van der Waals surface area (Å²) in [5, 5.41) is 0. The summed E-state index contributed by atoms with van der Waals surface area (Å²) in [4.78, 5) is 10.5. The molecule has 0 heterocycles. The third-order valence-electron chi connectivity index (χ3n) is 1.05. The smallest absolute Gasteiger partial charge is 0.330 e. The van der Waals surface area contributed by atoms with E-state index in [1.165, 1.54) is 7.11 Å². The van der Waals surface area contributed by atoms with Gasteiger partial charge in [-0.15, -0.1) is 0 Å². The van der Waals surface area contributed by atoms with Gasteiger partial charge in [-0.2, -0.15) is 0 Å². The first-order chi connectivity index (χ1) is 5.70. The molecule has 0 saturated carbocycles. The Hall–Kier alpha value is -0.680. The van der Waals surface area contributed by atoms with Gasteiger partial charge in [-0.1, -0.05) is 6.58 Å². The molecule has 70 valence electrons. The lowest BCUT2D eigenvalue weighted by Gasteiger charge is -2.00. The normalized spacial score (nSPS) is 12.1. The monoisotopic (exact) mass is 192 g/mol. The zero-order chi connectivity index (χ0) is 9.40. The fourth-order valence-corrected chi connectivity index (χ4v) is 1.01. The molecule has 0 aliphatic carbocycles. The Kier molecular flexibility index (Phi) is 6.60. The van der Waals surface area contributed by atoms with Crippen molar-refractivity contribution in [3.05, 3.63) is 12.7 Å². The average Bonchev–Trinajstić information content (AvgIpc) is 2.11. The SMILES string of the molecule is C=CC(=O)OCCCS(=O)OC. The second-order valence-corrected chi connectivity index (χ2v) is 3.25. The molecule has 4 nitrogen and oxygen atoms in total. The van der Waals surface area contributed by atoms with Crippen LogP contribution < -0.4 is 0 Å². The number of carbonyl (C=O) groups excluding carboxylic acids is 1. The summed E-state index contributed by atoms with van der Waals surface area (Å²) >= 11 is -1.26. The van der Waals surface area contributed by atoms with Crippen LogP contribution in [0.5, 0.6) is 0 Å². The Morgan fingerprint density at radius 1 is 1.67 bits per heavy atom. The van der Waals surface area contributed by atoms with Crippen molar-refractivity contribution in [3.63, 3.8) is 0 Å². The van der Waals surface area contributed by atoms with E-state index >= 15 is 0 Å². The summed E-state index contributed by atoms with van der Waals surface area (Å²) in [6.07, 6.45) is 1.62. The molecule has 12 heavy (non-hydrogen) atoms. The van der Waals surface area contributed by atoms with Crippen molar-refractivity contribution in [1.82, 2.24) is 0 Å². The highest BCUT2D eigenvalue weighted by Gasteiger charge is 1.98. The van der Waals surface area contributed by atoms with Crippen molar-refractivity contribution in [3.8, 4) is 0 Å². The van der Waals surface area contributed by atoms with Gasteiger partial charge in [0.25, 0.3) is 0 Å². The molecule has 0 aromatic heterocycles. The van der Waals surface area contributed by atoms with Crippen LogP contribution in [-0.4, -0.2) is 29.6 Å². The van der Waals surface area contributed by atoms with Gasteiger partial charge in [0.1, 0.15) is 0 Å². The molecule has 0 spiro atoms. The van der Waals surface area contributed by atoms with E-state index in [0.29, 0.717) is 12.2 Å². The van der Waals surface area contributed by atoms with Crippen LogP contribution in [-0.2, 0) is 24.8 Å². The van der Waals surface area contributed by atoms with E-state index in [9.17, 15) is 9.00 Å². The van der Waals surface area contributed by atoms with Crippen molar-refractivity contribution in [2.45, 2.75) is 6.42 Å². The van der Waals surface area contributed by atoms with Gasteiger partial charge in [0.2, 0.25) is 0 Å². The molecule has 5 heteroatoms. The number of rotatable bonds is 6. The molecule has 0 N–H and O–H groups in total. The molecule has 0 saturated heterocycles. The first-order valence-corrected chi connectivity index (χ1v) is 4.67. The molecule has 0 fully saturated rings. The minimum absolute atomic E-state index is 0.250. The topological polar surface area (TPSA) is 52.6 Å². The predicted octanol–water partition coefficient (Wildman–Crippen LogP) is 0.416. The largest absolute Gasteiger partial charge is 0.463 e. The van der Waals surface area contributed by atoms with Crippen LogP contribution >= 0.6 is 0 Å². The zero-order valence-corrected chi connectivity index (χ0v) is 7.76. The van der Waals surface area contributed by atoms with E-state index in [2.05, 4.69) is 15.5 Å². The number of hydrogen-bond acceptors (Lipinski definition) is 4. The molecule has 0 radical (unpaired) electrons. The van der Waals surface area contributed by atoms with Gasteiger partial charge >= 0.3 is 5.97 Å². The summed E-state index contributed by atoms with van der Waals surface area (Å²) < 4.78 is 19.8. The van der Waals surface area contributed by atoms with Gasteiger partial charge in [-0.3, -0.25) is 4.18 Å². The van der Waals surface area contributed by atoms with Gasteiger partial charge in [-0.25, -0.2) is 9.00 Å². The maximum absolute atomic E-state index is 10.7. The van der Waals surface area contributed by atoms with E-state index in [0.717, 1.165) is 6.08 Å². The minimum Gasteiger partial charge on any atom is -0.463 e. The molecular weight excluding hydrogens is 180 g/mol. The van der Waals surface area contributed by atoms with E-state index in [1.54, 1.807) is 0 Å². The summed E-state index contributed by atoms with van der Waals surface area (Å²) in [5.74, 6) is -0.0841. The van der Waals surface area contributed by atoms with Crippen molar-refractivity contribution < 1.29 is 17.9 Å². The fourth-order valence-electron chi connectivity index (χ4n) is 0.492. The van der Waals surface area contributed by atoms with Crippen LogP contribution in [0, 0.1) is 0 Å². The van der Waals surface area contributed by atoms with Gasteiger partial charge in [0.15, 0.2) is 11.1 Å². The second kappa shape index (κ2) is 7.00. The van der Waals surface area contributed by atoms with Gasteiger partial charge in [-0.05, 0) is 6.42 Å². The Bertz CT molecular complexity index is 178. The summed E-state index contributed by atoms with van der Waals surface area (Å²) in [5.41, 5.74) is 0. The van der Waals surface area contributed by atoms with E-state index in [1.807, 2.05) is 0 Å². The Balaban J connectivity index is 3.27. The van der Waals surface area contributed by atoms with Crippen molar-refractivity contribution >= 4 is 17.0 Å². The van der Waals surface area contributed by atoms with Crippen LogP contribution in [0.2, 0.25) is 0 Å². The molecule has 0 aliphatic heterocycles. The Labute approximate surface area is 74.2 Å². The van der Waals surface area contributed by atoms with Crippen LogP contribution in [0.1, 0.15) is 6.42 Å². The quantitative estimate of drug-likeness (QED) is 0.347. The maximum Gasteiger partial charge on any atom is 0.330 e. The highest BCUT2D eigenvalue weighted by atomic mass is 32.2. The minimum atomic E-state index is -1.26. The van der Waals surface area contributed by atoms with E-state index < -0.39 is 17.0 Å². The molecular formula is C7H12O4S. The van der Waals surface area contributed by atoms with Crippen molar-refractivity contribution in [2.24, 2.45) is 0 Å². The lowest BCUT2D eigenvalue weighted by molar-refractivity contribution is -0.137. The van der Waals surface area contributed by atoms with Crippen LogP contribution in [0.25, 0.3) is 0 Å².